The molecule has 0 bridgehead atoms. The third kappa shape index (κ3) is 4.50. The molecule has 24 heavy (non-hydrogen) atoms. The first kappa shape index (κ1) is 17.3. The zero-order chi connectivity index (χ0) is 16.8. The Morgan fingerprint density at radius 2 is 2.04 bits per heavy atom. The molecule has 1 saturated carbocycles. The first-order chi connectivity index (χ1) is 11.8. The molecule has 1 aromatic rings. The van der Waals surface area contributed by atoms with Gasteiger partial charge in [-0.05, 0) is 56.7 Å². The molecule has 2 aliphatic rings. The van der Waals surface area contributed by atoms with Crippen LogP contribution in [0.25, 0.3) is 0 Å². The maximum Gasteiger partial charge on any atom is 0.191 e. The van der Waals surface area contributed by atoms with Gasteiger partial charge in [-0.25, -0.2) is 0 Å². The van der Waals surface area contributed by atoms with Gasteiger partial charge in [-0.15, -0.1) is 0 Å². The Labute approximate surface area is 146 Å². The van der Waals surface area contributed by atoms with Gasteiger partial charge in [0.15, 0.2) is 5.96 Å². The number of aliphatic imine (C=N–C) groups is 1. The molecule has 1 saturated heterocycles. The van der Waals surface area contributed by atoms with E-state index in [9.17, 15) is 0 Å². The first-order valence-corrected chi connectivity index (χ1v) is 9.63. The van der Waals surface area contributed by atoms with Gasteiger partial charge >= 0.3 is 0 Å². The largest absolute Gasteiger partial charge is 0.357 e. The summed E-state index contributed by atoms with van der Waals surface area (Å²) in [6.45, 7) is 9.64. The molecule has 1 aliphatic heterocycles. The fourth-order valence-corrected chi connectivity index (χ4v) is 3.87. The monoisotopic (exact) mass is 328 g/mol. The molecule has 0 spiro atoms. The highest BCUT2D eigenvalue weighted by molar-refractivity contribution is 5.79. The normalized spacial score (nSPS) is 27.2. The van der Waals surface area contributed by atoms with Crippen LogP contribution in [0.3, 0.4) is 0 Å². The quantitative estimate of drug-likeness (QED) is 0.597. The molecule has 3 atom stereocenters. The van der Waals surface area contributed by atoms with E-state index in [1.165, 1.54) is 31.4 Å². The van der Waals surface area contributed by atoms with E-state index in [0.29, 0.717) is 17.9 Å². The molecule has 1 aromatic carbocycles. The molecule has 0 amide bonds. The topological polar surface area (TPSA) is 39.7 Å². The van der Waals surface area contributed by atoms with E-state index in [1.807, 2.05) is 0 Å². The molecule has 2 N–H and O–H groups in total. The zero-order valence-electron chi connectivity index (χ0n) is 15.2. The van der Waals surface area contributed by atoms with Crippen molar-refractivity contribution in [2.45, 2.75) is 45.1 Å². The van der Waals surface area contributed by atoms with Crippen molar-refractivity contribution < 1.29 is 0 Å². The third-order valence-electron chi connectivity index (χ3n) is 5.39. The summed E-state index contributed by atoms with van der Waals surface area (Å²) in [6.07, 6.45) is 3.91. The Balaban J connectivity index is 1.47. The molecular weight excluding hydrogens is 296 g/mol. The first-order valence-electron chi connectivity index (χ1n) is 9.63. The number of hydrogen-bond donors (Lipinski definition) is 2. The molecule has 0 radical (unpaired) electrons. The minimum atomic E-state index is 0.664. The number of nitrogens with zero attached hydrogens (tertiary/aromatic N) is 2. The van der Waals surface area contributed by atoms with Gasteiger partial charge in [-0.3, -0.25) is 9.89 Å². The fraction of sp³-hybridized carbons (Fsp3) is 0.650. The second-order valence-corrected chi connectivity index (χ2v) is 7.04. The maximum absolute atomic E-state index is 4.84. The van der Waals surface area contributed by atoms with Gasteiger partial charge in [0.25, 0.3) is 0 Å². The van der Waals surface area contributed by atoms with Crippen molar-refractivity contribution in [3.8, 4) is 0 Å². The minimum absolute atomic E-state index is 0.664. The van der Waals surface area contributed by atoms with Crippen molar-refractivity contribution in [1.82, 2.24) is 15.5 Å². The second-order valence-electron chi connectivity index (χ2n) is 7.04. The van der Waals surface area contributed by atoms with E-state index < -0.39 is 0 Å². The van der Waals surface area contributed by atoms with Crippen molar-refractivity contribution in [1.29, 1.82) is 0 Å². The summed E-state index contributed by atoms with van der Waals surface area (Å²) >= 11 is 0. The van der Waals surface area contributed by atoms with Crippen LogP contribution in [0.5, 0.6) is 0 Å². The highest BCUT2D eigenvalue weighted by atomic mass is 15.2. The van der Waals surface area contributed by atoms with Crippen LogP contribution in [-0.4, -0.2) is 49.6 Å². The van der Waals surface area contributed by atoms with Crippen molar-refractivity contribution in [2.24, 2.45) is 10.9 Å². The predicted octanol–water partition coefficient (Wildman–Crippen LogP) is 2.83. The van der Waals surface area contributed by atoms with Crippen LogP contribution in [0.4, 0.5) is 0 Å². The van der Waals surface area contributed by atoms with Crippen LogP contribution in [0.1, 0.15) is 44.6 Å². The van der Waals surface area contributed by atoms with Gasteiger partial charge in [0.2, 0.25) is 0 Å². The van der Waals surface area contributed by atoms with Crippen molar-refractivity contribution in [3.63, 3.8) is 0 Å². The van der Waals surface area contributed by atoms with E-state index in [2.05, 4.69) is 59.7 Å². The van der Waals surface area contributed by atoms with E-state index in [0.717, 1.165) is 32.1 Å². The molecule has 4 heteroatoms. The van der Waals surface area contributed by atoms with E-state index >= 15 is 0 Å². The third-order valence-corrected chi connectivity index (χ3v) is 5.39. The van der Waals surface area contributed by atoms with E-state index in [-0.39, 0.29) is 0 Å². The number of rotatable bonds is 7. The molecule has 1 heterocycles. The van der Waals surface area contributed by atoms with Crippen LogP contribution in [0.2, 0.25) is 0 Å². The van der Waals surface area contributed by atoms with Crippen LogP contribution in [0, 0.1) is 5.92 Å². The highest BCUT2D eigenvalue weighted by Crippen LogP contribution is 2.47. The molecule has 132 valence electrons. The molecular formula is C20H32N4. The second kappa shape index (κ2) is 8.52. The van der Waals surface area contributed by atoms with Crippen molar-refractivity contribution in [2.75, 3.05) is 32.7 Å². The zero-order valence-corrected chi connectivity index (χ0v) is 15.2. The van der Waals surface area contributed by atoms with Crippen LogP contribution >= 0.6 is 0 Å². The molecule has 3 unspecified atom stereocenters. The smallest absolute Gasteiger partial charge is 0.191 e. The van der Waals surface area contributed by atoms with E-state index in [4.69, 9.17) is 4.99 Å². The average Bonchev–Trinajstić information content (AvgIpc) is 3.26. The summed E-state index contributed by atoms with van der Waals surface area (Å²) < 4.78 is 0. The molecule has 2 fully saturated rings. The SMILES string of the molecule is CCNC(=NCC1CC1c1ccccc1)NCC1CCCN1CC. The summed E-state index contributed by atoms with van der Waals surface area (Å²) in [5.41, 5.74) is 1.47. The summed E-state index contributed by atoms with van der Waals surface area (Å²) in [6, 6.07) is 11.5. The Bertz CT molecular complexity index is 528. The Hall–Kier alpha value is -1.55. The van der Waals surface area contributed by atoms with Gasteiger partial charge in [-0.2, -0.15) is 0 Å². The summed E-state index contributed by atoms with van der Waals surface area (Å²) in [5, 5.41) is 6.96. The van der Waals surface area contributed by atoms with Gasteiger partial charge in [0.05, 0.1) is 0 Å². The lowest BCUT2D eigenvalue weighted by atomic mass is 10.1. The summed E-state index contributed by atoms with van der Waals surface area (Å²) in [7, 11) is 0. The lowest BCUT2D eigenvalue weighted by Gasteiger charge is -2.24. The number of nitrogens with one attached hydrogen (secondary N) is 2. The van der Waals surface area contributed by atoms with Gasteiger partial charge in [-0.1, -0.05) is 37.3 Å². The highest BCUT2D eigenvalue weighted by Gasteiger charge is 2.37. The minimum Gasteiger partial charge on any atom is -0.357 e. The van der Waals surface area contributed by atoms with Crippen LogP contribution < -0.4 is 10.6 Å². The number of benzene rings is 1. The van der Waals surface area contributed by atoms with Crippen LogP contribution in [0.15, 0.2) is 35.3 Å². The summed E-state index contributed by atoms with van der Waals surface area (Å²) in [4.78, 5) is 7.41. The molecule has 3 rings (SSSR count). The lowest BCUT2D eigenvalue weighted by Crippen LogP contribution is -2.45. The molecule has 1 aliphatic carbocycles. The van der Waals surface area contributed by atoms with Crippen LogP contribution in [-0.2, 0) is 0 Å². The predicted molar refractivity (Wildman–Crippen MR) is 102 cm³/mol. The number of likely N-dealkylation sites (tertiary alicyclic amines) is 1. The average molecular weight is 329 g/mol. The lowest BCUT2D eigenvalue weighted by molar-refractivity contribution is 0.267. The Morgan fingerprint density at radius 1 is 1.21 bits per heavy atom. The van der Waals surface area contributed by atoms with Gasteiger partial charge in [0.1, 0.15) is 0 Å². The molecule has 0 aromatic heterocycles. The maximum atomic E-state index is 4.84. The number of hydrogen-bond acceptors (Lipinski definition) is 2. The van der Waals surface area contributed by atoms with Gasteiger partial charge in [0, 0.05) is 25.7 Å². The Morgan fingerprint density at radius 3 is 2.79 bits per heavy atom. The fourth-order valence-electron chi connectivity index (χ4n) is 3.87. The Kier molecular flexibility index (Phi) is 6.13. The number of likely N-dealkylation sites (N-methyl/N-ethyl adjacent to an activating group) is 1. The number of guanidine groups is 1. The molecule has 4 nitrogen and oxygen atoms in total. The van der Waals surface area contributed by atoms with E-state index in [1.54, 1.807) is 0 Å². The van der Waals surface area contributed by atoms with Gasteiger partial charge < -0.3 is 10.6 Å². The summed E-state index contributed by atoms with van der Waals surface area (Å²) in [5.74, 6) is 2.41. The van der Waals surface area contributed by atoms with Crippen molar-refractivity contribution >= 4 is 5.96 Å². The standard InChI is InChI=1S/C20H32N4/c1-3-21-20(23-15-18-11-8-12-24(18)4-2)22-14-17-13-19(17)16-9-6-5-7-10-16/h5-7,9-10,17-19H,3-4,8,11-15H2,1-2H3,(H2,21,22,23). The van der Waals surface area contributed by atoms with Crippen molar-refractivity contribution in [3.05, 3.63) is 35.9 Å².